The lowest BCUT2D eigenvalue weighted by molar-refractivity contribution is -0.136. The monoisotopic (exact) mass is 552 g/mol. The van der Waals surface area contributed by atoms with Gasteiger partial charge in [0.25, 0.3) is 5.91 Å². The number of amides is 4. The van der Waals surface area contributed by atoms with E-state index in [-0.39, 0.29) is 24.3 Å². The van der Waals surface area contributed by atoms with E-state index in [0.717, 1.165) is 4.47 Å². The van der Waals surface area contributed by atoms with Crippen molar-refractivity contribution in [1.29, 1.82) is 0 Å². The van der Waals surface area contributed by atoms with Gasteiger partial charge in [0.05, 0.1) is 30.7 Å². The molecule has 4 amide bonds. The van der Waals surface area contributed by atoms with Crippen LogP contribution >= 0.6 is 15.9 Å². The van der Waals surface area contributed by atoms with Gasteiger partial charge in [0, 0.05) is 34.9 Å². The molecule has 2 aromatic carbocycles. The number of anilines is 2. The van der Waals surface area contributed by atoms with Crippen molar-refractivity contribution in [2.45, 2.75) is 18.5 Å². The molecular formula is C26H25BrN4O5. The molecule has 9 nitrogen and oxygen atoms in total. The molecule has 4 aliphatic heterocycles. The summed E-state index contributed by atoms with van der Waals surface area (Å²) in [4.78, 5) is 59.2. The summed E-state index contributed by atoms with van der Waals surface area (Å²) in [5, 5.41) is 3.35. The molecule has 4 atom stereocenters. The van der Waals surface area contributed by atoms with Gasteiger partial charge in [-0.25, -0.2) is 4.90 Å². The van der Waals surface area contributed by atoms with Gasteiger partial charge in [0.2, 0.25) is 17.7 Å². The smallest absolute Gasteiger partial charge is 0.253 e. The third kappa shape index (κ3) is 3.21. The molecule has 186 valence electrons. The molecule has 1 spiro atoms. The number of nitrogens with zero attached hydrogens (tertiary/aromatic N) is 3. The SMILES string of the molecule is C[C@@H]1N[C@]2(C(=O)N(CC(=O)N3CCOCC3)c3ccccc32)[C@H]2C(=O)N(c3ccc(Br)cc3)C(=O)[C@@H]12. The van der Waals surface area contributed by atoms with Gasteiger partial charge >= 0.3 is 0 Å². The lowest BCUT2D eigenvalue weighted by Crippen LogP contribution is -2.56. The number of halogens is 1. The minimum Gasteiger partial charge on any atom is -0.378 e. The molecular weight excluding hydrogens is 528 g/mol. The van der Waals surface area contributed by atoms with E-state index in [1.54, 1.807) is 35.2 Å². The lowest BCUT2D eigenvalue weighted by Gasteiger charge is -2.31. The van der Waals surface area contributed by atoms with Crippen LogP contribution in [0.3, 0.4) is 0 Å². The highest BCUT2D eigenvalue weighted by molar-refractivity contribution is 9.10. The van der Waals surface area contributed by atoms with E-state index in [2.05, 4.69) is 21.2 Å². The molecule has 0 aliphatic carbocycles. The fraction of sp³-hybridized carbons (Fsp3) is 0.385. The first-order chi connectivity index (χ1) is 17.3. The first kappa shape index (κ1) is 23.3. The zero-order valence-electron chi connectivity index (χ0n) is 19.6. The van der Waals surface area contributed by atoms with Crippen LogP contribution in [0.25, 0.3) is 0 Å². The van der Waals surface area contributed by atoms with Gasteiger partial charge < -0.3 is 14.5 Å². The van der Waals surface area contributed by atoms with Crippen molar-refractivity contribution in [1.82, 2.24) is 10.2 Å². The van der Waals surface area contributed by atoms with Crippen LogP contribution in [0.1, 0.15) is 12.5 Å². The number of hydrogen-bond acceptors (Lipinski definition) is 6. The van der Waals surface area contributed by atoms with Crippen molar-refractivity contribution in [3.05, 3.63) is 58.6 Å². The van der Waals surface area contributed by atoms with E-state index < -0.39 is 29.3 Å². The minimum atomic E-state index is -1.41. The third-order valence-corrected chi connectivity index (χ3v) is 8.28. The van der Waals surface area contributed by atoms with E-state index in [1.165, 1.54) is 9.80 Å². The molecule has 0 aromatic heterocycles. The molecule has 2 aromatic rings. The van der Waals surface area contributed by atoms with Crippen molar-refractivity contribution in [3.8, 4) is 0 Å². The molecule has 3 saturated heterocycles. The maximum atomic E-state index is 14.2. The summed E-state index contributed by atoms with van der Waals surface area (Å²) in [7, 11) is 0. The van der Waals surface area contributed by atoms with Gasteiger partial charge in [-0.15, -0.1) is 0 Å². The Labute approximate surface area is 216 Å². The number of para-hydroxylation sites is 1. The molecule has 1 N–H and O–H groups in total. The number of imide groups is 1. The zero-order chi connectivity index (χ0) is 25.2. The van der Waals surface area contributed by atoms with Crippen LogP contribution in [0.4, 0.5) is 11.4 Å². The van der Waals surface area contributed by atoms with Crippen molar-refractivity contribution >= 4 is 50.9 Å². The zero-order valence-corrected chi connectivity index (χ0v) is 21.2. The molecule has 6 rings (SSSR count). The van der Waals surface area contributed by atoms with E-state index in [0.29, 0.717) is 43.2 Å². The summed E-state index contributed by atoms with van der Waals surface area (Å²) in [5.41, 5.74) is 0.279. The Morgan fingerprint density at radius 2 is 1.75 bits per heavy atom. The Kier molecular flexibility index (Phi) is 5.51. The maximum Gasteiger partial charge on any atom is 0.253 e. The normalized spacial score (nSPS) is 29.3. The molecule has 10 heteroatoms. The quantitative estimate of drug-likeness (QED) is 0.581. The third-order valence-electron chi connectivity index (χ3n) is 7.76. The van der Waals surface area contributed by atoms with Crippen molar-refractivity contribution in [2.24, 2.45) is 11.8 Å². The fourth-order valence-corrected chi connectivity index (χ4v) is 6.42. The predicted molar refractivity (Wildman–Crippen MR) is 134 cm³/mol. The molecule has 4 aliphatic rings. The number of carbonyl (C=O) groups is 4. The number of morpholine rings is 1. The summed E-state index contributed by atoms with van der Waals surface area (Å²) in [5.74, 6) is -2.89. The van der Waals surface area contributed by atoms with Crippen LogP contribution in [0.15, 0.2) is 53.0 Å². The van der Waals surface area contributed by atoms with Crippen LogP contribution in [0, 0.1) is 11.8 Å². The van der Waals surface area contributed by atoms with Crippen LogP contribution in [0.2, 0.25) is 0 Å². The fourth-order valence-electron chi connectivity index (χ4n) is 6.16. The van der Waals surface area contributed by atoms with Crippen LogP contribution < -0.4 is 15.1 Å². The van der Waals surface area contributed by atoms with Gasteiger partial charge in [0.1, 0.15) is 12.1 Å². The van der Waals surface area contributed by atoms with Gasteiger partial charge in [0.15, 0.2) is 0 Å². The number of rotatable bonds is 3. The van der Waals surface area contributed by atoms with Crippen molar-refractivity contribution < 1.29 is 23.9 Å². The topological polar surface area (TPSA) is 99.3 Å². The van der Waals surface area contributed by atoms with E-state index in [4.69, 9.17) is 4.74 Å². The predicted octanol–water partition coefficient (Wildman–Crippen LogP) is 1.65. The first-order valence-corrected chi connectivity index (χ1v) is 12.8. The van der Waals surface area contributed by atoms with Crippen molar-refractivity contribution in [2.75, 3.05) is 42.6 Å². The second-order valence-electron chi connectivity index (χ2n) is 9.63. The second-order valence-corrected chi connectivity index (χ2v) is 10.6. The molecule has 0 unspecified atom stereocenters. The molecule has 36 heavy (non-hydrogen) atoms. The molecule has 0 bridgehead atoms. The minimum absolute atomic E-state index is 0.135. The molecule has 3 fully saturated rings. The summed E-state index contributed by atoms with van der Waals surface area (Å²) >= 11 is 3.39. The Morgan fingerprint density at radius 1 is 1.06 bits per heavy atom. The van der Waals surface area contributed by atoms with Gasteiger partial charge in [-0.3, -0.25) is 24.5 Å². The van der Waals surface area contributed by atoms with E-state index in [9.17, 15) is 19.2 Å². The average molecular weight is 553 g/mol. The molecule has 0 radical (unpaired) electrons. The van der Waals surface area contributed by atoms with Gasteiger partial charge in [-0.05, 0) is 37.3 Å². The van der Waals surface area contributed by atoms with Gasteiger partial charge in [-0.2, -0.15) is 0 Å². The number of nitrogens with one attached hydrogen (secondary N) is 1. The van der Waals surface area contributed by atoms with E-state index in [1.807, 2.05) is 25.1 Å². The highest BCUT2D eigenvalue weighted by atomic mass is 79.9. The number of benzene rings is 2. The van der Waals surface area contributed by atoms with Crippen LogP contribution in [0.5, 0.6) is 0 Å². The summed E-state index contributed by atoms with van der Waals surface area (Å²) in [6.07, 6.45) is 0. The summed E-state index contributed by atoms with van der Waals surface area (Å²) in [6, 6.07) is 13.8. The summed E-state index contributed by atoms with van der Waals surface area (Å²) in [6.45, 7) is 3.58. The Hall–Kier alpha value is -3.08. The Bertz CT molecular complexity index is 1280. The van der Waals surface area contributed by atoms with Gasteiger partial charge in [-0.1, -0.05) is 34.1 Å². The van der Waals surface area contributed by atoms with E-state index >= 15 is 0 Å². The molecule has 4 heterocycles. The van der Waals surface area contributed by atoms with Crippen LogP contribution in [-0.4, -0.2) is 67.4 Å². The van der Waals surface area contributed by atoms with Crippen molar-refractivity contribution in [3.63, 3.8) is 0 Å². The average Bonchev–Trinajstić information content (AvgIpc) is 3.43. The maximum absolute atomic E-state index is 14.2. The lowest BCUT2D eigenvalue weighted by atomic mass is 9.76. The Morgan fingerprint density at radius 3 is 2.47 bits per heavy atom. The largest absolute Gasteiger partial charge is 0.378 e. The number of ether oxygens (including phenoxy) is 1. The number of hydrogen-bond donors (Lipinski definition) is 1. The van der Waals surface area contributed by atoms with Crippen LogP contribution in [-0.2, 0) is 29.5 Å². The highest BCUT2D eigenvalue weighted by Gasteiger charge is 2.71. The number of fused-ring (bicyclic) bond motifs is 4. The standard InChI is InChI=1S/C26H25BrN4O5/c1-15-21-22(24(34)31(23(21)33)17-8-6-16(27)7-9-17)26(28-15)18-4-2-3-5-19(18)30(25(26)35)14-20(32)29-10-12-36-13-11-29/h2-9,15,21-22,28H,10-14H2,1H3/t15-,21-,22+,26-/m0/s1. The molecule has 0 saturated carbocycles. The Balaban J connectivity index is 1.40. The summed E-state index contributed by atoms with van der Waals surface area (Å²) < 4.78 is 6.18. The number of carbonyl (C=O) groups excluding carboxylic acids is 4. The highest BCUT2D eigenvalue weighted by Crippen LogP contribution is 2.55. The first-order valence-electron chi connectivity index (χ1n) is 12.0. The second kappa shape index (κ2) is 8.50.